The molecule has 2 aliphatic rings. The largest absolute Gasteiger partial charge is 0.390 e. The Kier molecular flexibility index (Phi) is 6.27. The average molecular weight is 463 g/mol. The highest BCUT2D eigenvalue weighted by Crippen LogP contribution is 2.32. The van der Waals surface area contributed by atoms with Crippen LogP contribution < -0.4 is 21.1 Å². The predicted molar refractivity (Wildman–Crippen MR) is 136 cm³/mol. The Bertz CT molecular complexity index is 1190. The van der Waals surface area contributed by atoms with Gasteiger partial charge in [0.15, 0.2) is 0 Å². The first-order valence-electron chi connectivity index (χ1n) is 12.3. The minimum Gasteiger partial charge on any atom is -0.390 e. The molecule has 0 amide bonds. The normalized spacial score (nSPS) is 18.4. The molecule has 8 heteroatoms. The van der Waals surface area contributed by atoms with Gasteiger partial charge in [-0.05, 0) is 82.2 Å². The Morgan fingerprint density at radius 2 is 1.79 bits per heavy atom. The van der Waals surface area contributed by atoms with Crippen molar-refractivity contribution in [3.05, 3.63) is 52.6 Å². The highest BCUT2D eigenvalue weighted by molar-refractivity contribution is 5.92. The molecule has 2 saturated heterocycles. The number of rotatable bonds is 5. The van der Waals surface area contributed by atoms with E-state index in [1.54, 1.807) is 0 Å². The number of benzene rings is 1. The van der Waals surface area contributed by atoms with E-state index in [2.05, 4.69) is 49.8 Å². The van der Waals surface area contributed by atoms with Crippen molar-refractivity contribution in [2.45, 2.75) is 51.0 Å². The zero-order valence-electron chi connectivity index (χ0n) is 20.0. The van der Waals surface area contributed by atoms with Gasteiger partial charge in [0.1, 0.15) is 17.0 Å². The van der Waals surface area contributed by atoms with Crippen molar-refractivity contribution < 1.29 is 5.11 Å². The molecule has 1 aromatic carbocycles. The Hall–Kier alpha value is -2.97. The Morgan fingerprint density at radius 3 is 2.47 bits per heavy atom. The van der Waals surface area contributed by atoms with Crippen molar-refractivity contribution in [2.75, 3.05) is 36.4 Å². The molecule has 0 atom stereocenters. The number of fused-ring (bicyclic) bond motifs is 1. The summed E-state index contributed by atoms with van der Waals surface area (Å²) >= 11 is 0. The number of pyridine rings is 1. The zero-order valence-corrected chi connectivity index (χ0v) is 20.0. The van der Waals surface area contributed by atoms with Crippen LogP contribution in [-0.2, 0) is 0 Å². The van der Waals surface area contributed by atoms with E-state index in [1.165, 1.54) is 11.9 Å². The molecule has 4 heterocycles. The SMILES string of the molecule is CC(C)(O)C1CCN(c2cc3nc[nH]c(=O)c3c(Nc3ccc(C4CCNCC4)cc3)n2)CC1. The first kappa shape index (κ1) is 22.8. The van der Waals surface area contributed by atoms with E-state index >= 15 is 0 Å². The molecule has 2 aliphatic heterocycles. The maximum Gasteiger partial charge on any atom is 0.262 e. The number of hydrogen-bond donors (Lipinski definition) is 4. The van der Waals surface area contributed by atoms with Crippen LogP contribution in [0.1, 0.15) is 51.0 Å². The molecule has 0 bridgehead atoms. The number of aromatic nitrogens is 3. The summed E-state index contributed by atoms with van der Waals surface area (Å²) in [5, 5.41) is 17.6. The van der Waals surface area contributed by atoms with Gasteiger partial charge in [0.25, 0.3) is 5.56 Å². The number of nitrogens with zero attached hydrogens (tertiary/aromatic N) is 3. The lowest BCUT2D eigenvalue weighted by Crippen LogP contribution is -2.42. The van der Waals surface area contributed by atoms with Crippen LogP contribution in [-0.4, -0.2) is 51.8 Å². The van der Waals surface area contributed by atoms with E-state index < -0.39 is 5.60 Å². The quantitative estimate of drug-likeness (QED) is 0.460. The third-order valence-electron chi connectivity index (χ3n) is 7.41. The van der Waals surface area contributed by atoms with Crippen LogP contribution in [0, 0.1) is 5.92 Å². The Morgan fingerprint density at radius 1 is 1.09 bits per heavy atom. The maximum absolute atomic E-state index is 12.7. The molecule has 180 valence electrons. The van der Waals surface area contributed by atoms with Crippen LogP contribution in [0.4, 0.5) is 17.3 Å². The Balaban J connectivity index is 1.42. The van der Waals surface area contributed by atoms with E-state index in [0.717, 1.165) is 63.4 Å². The maximum atomic E-state index is 12.7. The Labute approximate surface area is 199 Å². The van der Waals surface area contributed by atoms with E-state index in [9.17, 15) is 9.90 Å². The molecule has 0 saturated carbocycles. The molecule has 0 spiro atoms. The molecule has 3 aromatic rings. The molecule has 5 rings (SSSR count). The van der Waals surface area contributed by atoms with Gasteiger partial charge in [-0.25, -0.2) is 9.97 Å². The topological polar surface area (TPSA) is 106 Å². The fourth-order valence-corrected chi connectivity index (χ4v) is 5.27. The first-order valence-corrected chi connectivity index (χ1v) is 12.3. The van der Waals surface area contributed by atoms with Crippen molar-refractivity contribution in [1.82, 2.24) is 20.3 Å². The van der Waals surface area contributed by atoms with Crippen molar-refractivity contribution in [2.24, 2.45) is 5.92 Å². The van der Waals surface area contributed by atoms with Gasteiger partial charge in [-0.3, -0.25) is 4.79 Å². The van der Waals surface area contributed by atoms with E-state index in [4.69, 9.17) is 4.98 Å². The third kappa shape index (κ3) is 4.79. The zero-order chi connectivity index (χ0) is 23.7. The van der Waals surface area contributed by atoms with Gasteiger partial charge < -0.3 is 25.6 Å². The van der Waals surface area contributed by atoms with Crippen molar-refractivity contribution in [1.29, 1.82) is 0 Å². The summed E-state index contributed by atoms with van der Waals surface area (Å²) in [4.78, 5) is 26.9. The summed E-state index contributed by atoms with van der Waals surface area (Å²) in [7, 11) is 0. The third-order valence-corrected chi connectivity index (χ3v) is 7.41. The number of H-pyrrole nitrogens is 1. The van der Waals surface area contributed by atoms with Crippen molar-refractivity contribution in [3.8, 4) is 0 Å². The summed E-state index contributed by atoms with van der Waals surface area (Å²) in [6.07, 6.45) is 5.55. The monoisotopic (exact) mass is 462 g/mol. The van der Waals surface area contributed by atoms with Crippen LogP contribution in [0.15, 0.2) is 41.5 Å². The highest BCUT2D eigenvalue weighted by atomic mass is 16.3. The minimum absolute atomic E-state index is 0.210. The summed E-state index contributed by atoms with van der Waals surface area (Å²) < 4.78 is 0. The first-order chi connectivity index (χ1) is 16.4. The molecule has 2 fully saturated rings. The van der Waals surface area contributed by atoms with Crippen LogP contribution in [0.5, 0.6) is 0 Å². The van der Waals surface area contributed by atoms with E-state index in [-0.39, 0.29) is 11.5 Å². The van der Waals surface area contributed by atoms with Gasteiger partial charge in [0.05, 0.1) is 17.4 Å². The number of piperidine rings is 2. The fraction of sp³-hybridized carbons (Fsp3) is 0.500. The second kappa shape index (κ2) is 9.35. The smallest absolute Gasteiger partial charge is 0.262 e. The summed E-state index contributed by atoms with van der Waals surface area (Å²) in [6, 6.07) is 10.4. The molecule has 0 radical (unpaired) electrons. The van der Waals surface area contributed by atoms with Gasteiger partial charge in [0.2, 0.25) is 0 Å². The number of nitrogens with one attached hydrogen (secondary N) is 3. The lowest BCUT2D eigenvalue weighted by Gasteiger charge is -2.38. The molecular formula is C26H34N6O2. The van der Waals surface area contributed by atoms with Gasteiger partial charge in [-0.1, -0.05) is 12.1 Å². The molecule has 34 heavy (non-hydrogen) atoms. The minimum atomic E-state index is -0.676. The number of aliphatic hydroxyl groups is 1. The molecular weight excluding hydrogens is 428 g/mol. The molecule has 0 unspecified atom stereocenters. The van der Waals surface area contributed by atoms with Crippen molar-refractivity contribution in [3.63, 3.8) is 0 Å². The lowest BCUT2D eigenvalue weighted by molar-refractivity contribution is 0.00646. The molecule has 2 aromatic heterocycles. The van der Waals surface area contributed by atoms with Gasteiger partial charge in [0, 0.05) is 24.8 Å². The summed E-state index contributed by atoms with van der Waals surface area (Å²) in [6.45, 7) is 7.51. The fourth-order valence-electron chi connectivity index (χ4n) is 5.27. The van der Waals surface area contributed by atoms with Gasteiger partial charge in [-0.2, -0.15) is 0 Å². The second-order valence-corrected chi connectivity index (χ2v) is 10.1. The highest BCUT2D eigenvalue weighted by Gasteiger charge is 2.31. The number of aromatic amines is 1. The number of anilines is 3. The average Bonchev–Trinajstić information content (AvgIpc) is 2.84. The molecule has 0 aliphatic carbocycles. The van der Waals surface area contributed by atoms with E-state index in [0.29, 0.717) is 22.6 Å². The van der Waals surface area contributed by atoms with Crippen molar-refractivity contribution >= 4 is 28.2 Å². The summed E-state index contributed by atoms with van der Waals surface area (Å²) in [5.74, 6) is 2.17. The predicted octanol–water partition coefficient (Wildman–Crippen LogP) is 3.52. The molecule has 8 nitrogen and oxygen atoms in total. The standard InChI is InChI=1S/C26H34N6O2/c1-26(2,34)19-9-13-32(14-10-19)22-15-21-23(25(33)29-16-28-21)24(31-22)30-20-5-3-17(4-6-20)18-7-11-27-12-8-18/h3-6,15-16,18-19,27,34H,7-14H2,1-2H3,(H,30,31)(H,28,29,33). The van der Waals surface area contributed by atoms with Crippen LogP contribution >= 0.6 is 0 Å². The summed E-state index contributed by atoms with van der Waals surface area (Å²) in [5.41, 5.74) is 1.98. The van der Waals surface area contributed by atoms with Crippen LogP contribution in [0.3, 0.4) is 0 Å². The van der Waals surface area contributed by atoms with Gasteiger partial charge >= 0.3 is 0 Å². The second-order valence-electron chi connectivity index (χ2n) is 10.1. The lowest BCUT2D eigenvalue weighted by atomic mass is 9.83. The van der Waals surface area contributed by atoms with E-state index in [1.807, 2.05) is 19.9 Å². The van der Waals surface area contributed by atoms with Crippen LogP contribution in [0.2, 0.25) is 0 Å². The van der Waals surface area contributed by atoms with Gasteiger partial charge in [-0.15, -0.1) is 0 Å². The van der Waals surface area contributed by atoms with Crippen LogP contribution in [0.25, 0.3) is 10.9 Å². The molecule has 4 N–H and O–H groups in total. The number of hydrogen-bond acceptors (Lipinski definition) is 7.